The average Bonchev–Trinajstić information content (AvgIpc) is 2.61. The number of aromatic nitrogens is 1. The minimum absolute atomic E-state index is 0. The number of hydrogen-bond acceptors (Lipinski definition) is 4. The molecular weight excluding hydrogens is 368 g/mol. The summed E-state index contributed by atoms with van der Waals surface area (Å²) < 4.78 is 18.5. The van der Waals surface area contributed by atoms with E-state index in [4.69, 9.17) is 16.3 Å². The first-order chi connectivity index (χ1) is 11.6. The molecule has 2 aromatic rings. The molecule has 0 saturated carbocycles. The Morgan fingerprint density at radius 2 is 2.28 bits per heavy atom. The first kappa shape index (κ1) is 19.4. The van der Waals surface area contributed by atoms with Crippen LogP contribution in [-0.2, 0) is 4.79 Å². The average molecular weight is 386 g/mol. The number of rotatable bonds is 4. The Morgan fingerprint density at radius 3 is 3.00 bits per heavy atom. The smallest absolute Gasteiger partial charge is 0.261 e. The summed E-state index contributed by atoms with van der Waals surface area (Å²) >= 11 is 5.92. The van der Waals surface area contributed by atoms with Gasteiger partial charge in [0.25, 0.3) is 5.91 Å². The highest BCUT2D eigenvalue weighted by Crippen LogP contribution is 2.26. The van der Waals surface area contributed by atoms with Crippen molar-refractivity contribution in [2.75, 3.05) is 26.2 Å². The molecule has 5 nitrogen and oxygen atoms in total. The molecular formula is C17H18Cl2FN3O2. The molecule has 25 heavy (non-hydrogen) atoms. The first-order valence-corrected chi connectivity index (χ1v) is 8.01. The summed E-state index contributed by atoms with van der Waals surface area (Å²) in [6.07, 6.45) is 3.46. The van der Waals surface area contributed by atoms with Gasteiger partial charge in [0.15, 0.2) is 6.61 Å². The van der Waals surface area contributed by atoms with E-state index in [1.54, 1.807) is 17.3 Å². The molecule has 1 unspecified atom stereocenters. The Balaban J connectivity index is 0.00000225. The first-order valence-electron chi connectivity index (χ1n) is 7.63. The molecule has 0 spiro atoms. The molecule has 3 rings (SSSR count). The van der Waals surface area contributed by atoms with Crippen molar-refractivity contribution in [1.82, 2.24) is 15.2 Å². The predicted octanol–water partition coefficient (Wildman–Crippen LogP) is 2.85. The molecule has 1 atom stereocenters. The van der Waals surface area contributed by atoms with Gasteiger partial charge in [-0.05, 0) is 29.8 Å². The molecule has 0 bridgehead atoms. The Kier molecular flexibility index (Phi) is 6.99. The van der Waals surface area contributed by atoms with Crippen LogP contribution in [0, 0.1) is 5.82 Å². The number of benzene rings is 1. The fraction of sp³-hybridized carbons (Fsp3) is 0.294. The highest BCUT2D eigenvalue weighted by Gasteiger charge is 2.28. The Morgan fingerprint density at radius 1 is 1.44 bits per heavy atom. The van der Waals surface area contributed by atoms with E-state index in [1.165, 1.54) is 12.1 Å². The van der Waals surface area contributed by atoms with Crippen LogP contribution in [0.1, 0.15) is 11.6 Å². The lowest BCUT2D eigenvalue weighted by atomic mass is 10.1. The zero-order chi connectivity index (χ0) is 16.9. The van der Waals surface area contributed by atoms with Crippen LogP contribution in [0.5, 0.6) is 5.75 Å². The third-order valence-corrected chi connectivity index (χ3v) is 4.17. The Hall–Kier alpha value is -1.89. The molecule has 0 radical (unpaired) electrons. The molecule has 1 aliphatic heterocycles. The summed E-state index contributed by atoms with van der Waals surface area (Å²) in [5.41, 5.74) is 0.970. The Bertz CT molecular complexity index is 718. The van der Waals surface area contributed by atoms with Gasteiger partial charge in [0.05, 0.1) is 11.1 Å². The maximum atomic E-state index is 13.0. The SMILES string of the molecule is Cl.O=C(COc1ccc(F)cc1Cl)N1CCNCC1c1cccnc1. The van der Waals surface area contributed by atoms with E-state index in [2.05, 4.69) is 10.3 Å². The van der Waals surface area contributed by atoms with E-state index in [0.29, 0.717) is 18.8 Å². The van der Waals surface area contributed by atoms with E-state index < -0.39 is 5.82 Å². The molecule has 1 aromatic heterocycles. The van der Waals surface area contributed by atoms with Crippen LogP contribution < -0.4 is 10.1 Å². The maximum absolute atomic E-state index is 13.0. The topological polar surface area (TPSA) is 54.5 Å². The monoisotopic (exact) mass is 385 g/mol. The highest BCUT2D eigenvalue weighted by molar-refractivity contribution is 6.32. The van der Waals surface area contributed by atoms with Gasteiger partial charge in [-0.2, -0.15) is 0 Å². The number of carbonyl (C=O) groups is 1. The molecule has 1 amide bonds. The van der Waals surface area contributed by atoms with Gasteiger partial charge >= 0.3 is 0 Å². The number of nitrogens with zero attached hydrogens (tertiary/aromatic N) is 2. The largest absolute Gasteiger partial charge is 0.482 e. The number of halogens is 3. The molecule has 2 heterocycles. The fourth-order valence-electron chi connectivity index (χ4n) is 2.69. The lowest BCUT2D eigenvalue weighted by molar-refractivity contribution is -0.136. The second-order valence-electron chi connectivity index (χ2n) is 5.46. The zero-order valence-electron chi connectivity index (χ0n) is 13.3. The lowest BCUT2D eigenvalue weighted by Crippen LogP contribution is -2.50. The van der Waals surface area contributed by atoms with Crippen molar-refractivity contribution in [2.24, 2.45) is 0 Å². The summed E-state index contributed by atoms with van der Waals surface area (Å²) in [6.45, 7) is 1.82. The highest BCUT2D eigenvalue weighted by atomic mass is 35.5. The predicted molar refractivity (Wildman–Crippen MR) is 95.7 cm³/mol. The Labute approximate surface area is 156 Å². The van der Waals surface area contributed by atoms with E-state index >= 15 is 0 Å². The number of nitrogens with one attached hydrogen (secondary N) is 1. The summed E-state index contributed by atoms with van der Waals surface area (Å²) in [7, 11) is 0. The van der Waals surface area contributed by atoms with E-state index in [0.717, 1.165) is 18.2 Å². The standard InChI is InChI=1S/C17H17ClFN3O2.ClH/c18-14-8-13(19)3-4-16(14)24-11-17(23)22-7-6-21-10-15(22)12-2-1-5-20-9-12;/h1-5,8-9,15,21H,6-7,10-11H2;1H. The summed E-state index contributed by atoms with van der Waals surface area (Å²) in [5.74, 6) is -0.303. The van der Waals surface area contributed by atoms with Crippen LogP contribution in [-0.4, -0.2) is 42.0 Å². The molecule has 134 valence electrons. The van der Waals surface area contributed by atoms with Gasteiger partial charge in [-0.3, -0.25) is 9.78 Å². The summed E-state index contributed by atoms with van der Waals surface area (Å²) in [4.78, 5) is 18.5. The second kappa shape index (κ2) is 8.99. The molecule has 1 saturated heterocycles. The third-order valence-electron chi connectivity index (χ3n) is 3.88. The lowest BCUT2D eigenvalue weighted by Gasteiger charge is -2.36. The van der Waals surface area contributed by atoms with Gasteiger partial charge in [-0.15, -0.1) is 12.4 Å². The number of pyridine rings is 1. The van der Waals surface area contributed by atoms with E-state index in [1.807, 2.05) is 12.1 Å². The molecule has 0 aliphatic carbocycles. The molecule has 1 fully saturated rings. The number of carbonyl (C=O) groups excluding carboxylic acids is 1. The number of ether oxygens (including phenoxy) is 1. The van der Waals surface area contributed by atoms with Gasteiger partial charge in [0.1, 0.15) is 11.6 Å². The van der Waals surface area contributed by atoms with Crippen molar-refractivity contribution in [3.05, 3.63) is 59.1 Å². The van der Waals surface area contributed by atoms with Gasteiger partial charge in [-0.1, -0.05) is 17.7 Å². The van der Waals surface area contributed by atoms with Crippen molar-refractivity contribution in [3.63, 3.8) is 0 Å². The summed E-state index contributed by atoms with van der Waals surface area (Å²) in [5, 5.41) is 3.43. The van der Waals surface area contributed by atoms with Crippen LogP contribution in [0.25, 0.3) is 0 Å². The number of piperazine rings is 1. The van der Waals surface area contributed by atoms with Crippen molar-refractivity contribution in [1.29, 1.82) is 0 Å². The van der Waals surface area contributed by atoms with Crippen molar-refractivity contribution in [3.8, 4) is 5.75 Å². The van der Waals surface area contributed by atoms with Crippen LogP contribution >= 0.6 is 24.0 Å². The normalized spacial score (nSPS) is 16.9. The van der Waals surface area contributed by atoms with Gasteiger partial charge < -0.3 is 15.0 Å². The summed E-state index contributed by atoms with van der Waals surface area (Å²) in [6, 6.07) is 7.53. The number of hydrogen-bond donors (Lipinski definition) is 1. The van der Waals surface area contributed by atoms with Crippen LogP contribution in [0.4, 0.5) is 4.39 Å². The quantitative estimate of drug-likeness (QED) is 0.878. The van der Waals surface area contributed by atoms with Crippen LogP contribution in [0.2, 0.25) is 5.02 Å². The van der Waals surface area contributed by atoms with E-state index in [9.17, 15) is 9.18 Å². The van der Waals surface area contributed by atoms with Gasteiger partial charge in [0, 0.05) is 32.0 Å². The molecule has 1 aromatic carbocycles. The minimum Gasteiger partial charge on any atom is -0.482 e. The van der Waals surface area contributed by atoms with Gasteiger partial charge in [0.2, 0.25) is 0 Å². The maximum Gasteiger partial charge on any atom is 0.261 e. The van der Waals surface area contributed by atoms with E-state index in [-0.39, 0.29) is 36.0 Å². The number of amides is 1. The third kappa shape index (κ3) is 4.81. The van der Waals surface area contributed by atoms with Crippen LogP contribution in [0.3, 0.4) is 0 Å². The van der Waals surface area contributed by atoms with Gasteiger partial charge in [-0.25, -0.2) is 4.39 Å². The molecule has 1 aliphatic rings. The fourth-order valence-corrected chi connectivity index (χ4v) is 2.91. The second-order valence-corrected chi connectivity index (χ2v) is 5.86. The molecule has 1 N–H and O–H groups in total. The van der Waals surface area contributed by atoms with Crippen molar-refractivity contribution < 1.29 is 13.9 Å². The molecule has 8 heteroatoms. The minimum atomic E-state index is -0.447. The zero-order valence-corrected chi connectivity index (χ0v) is 14.9. The van der Waals surface area contributed by atoms with Crippen molar-refractivity contribution >= 4 is 29.9 Å². The van der Waals surface area contributed by atoms with Crippen LogP contribution in [0.15, 0.2) is 42.7 Å². The van der Waals surface area contributed by atoms with Crippen molar-refractivity contribution in [2.45, 2.75) is 6.04 Å².